The second-order valence-corrected chi connectivity index (χ2v) is 11.4. The van der Waals surface area contributed by atoms with Crippen molar-refractivity contribution in [2.24, 2.45) is 46.3 Å². The van der Waals surface area contributed by atoms with E-state index in [1.54, 1.807) is 0 Å². The van der Waals surface area contributed by atoms with Gasteiger partial charge in [-0.25, -0.2) is 0 Å². The van der Waals surface area contributed by atoms with Crippen LogP contribution in [0.1, 0.15) is 85.0 Å². The number of hydrogen-bond acceptors (Lipinski definition) is 3. The molecule has 28 heavy (non-hydrogen) atoms. The standard InChI is InChI=1S/C24H40O4/c1-14(4-7-22(27)28)17-5-6-18-16-13-21(26)20-12-15(25)8-10-24(20,3)19(16)9-11-23(17,18)2/h14-21,25-26H,4-13H2,1-3H3,(H,27,28)/t14-,15+,16+,17-,18-,19-,20+,21+,23-,24-/m1/s1. The molecule has 4 rings (SSSR count). The van der Waals surface area contributed by atoms with Gasteiger partial charge in [-0.2, -0.15) is 0 Å². The minimum atomic E-state index is -0.677. The van der Waals surface area contributed by atoms with Crippen LogP contribution in [0.4, 0.5) is 0 Å². The van der Waals surface area contributed by atoms with Gasteiger partial charge >= 0.3 is 5.97 Å². The van der Waals surface area contributed by atoms with E-state index in [1.807, 2.05) is 0 Å². The predicted molar refractivity (Wildman–Crippen MR) is 109 cm³/mol. The third kappa shape index (κ3) is 3.14. The number of rotatable bonds is 4. The number of hydrogen-bond donors (Lipinski definition) is 3. The Bertz CT molecular complexity index is 605. The first kappa shape index (κ1) is 20.7. The van der Waals surface area contributed by atoms with Gasteiger partial charge in [0, 0.05) is 6.42 Å². The van der Waals surface area contributed by atoms with Crippen molar-refractivity contribution in [3.05, 3.63) is 0 Å². The molecule has 4 aliphatic carbocycles. The van der Waals surface area contributed by atoms with Crippen LogP contribution < -0.4 is 0 Å². The molecule has 0 amide bonds. The number of fused-ring (bicyclic) bond motifs is 5. The molecular formula is C24H40O4. The van der Waals surface area contributed by atoms with Crippen LogP contribution in [0.5, 0.6) is 0 Å². The molecule has 160 valence electrons. The van der Waals surface area contributed by atoms with E-state index in [-0.39, 0.29) is 30.0 Å². The van der Waals surface area contributed by atoms with Gasteiger partial charge < -0.3 is 15.3 Å². The highest BCUT2D eigenvalue weighted by atomic mass is 16.4. The summed E-state index contributed by atoms with van der Waals surface area (Å²) in [4.78, 5) is 11.1. The van der Waals surface area contributed by atoms with E-state index in [4.69, 9.17) is 5.11 Å². The summed E-state index contributed by atoms with van der Waals surface area (Å²) in [7, 11) is 0. The number of carboxylic acid groups (broad SMARTS) is 1. The lowest BCUT2D eigenvalue weighted by molar-refractivity contribution is -0.172. The minimum Gasteiger partial charge on any atom is -0.481 e. The zero-order valence-corrected chi connectivity index (χ0v) is 17.9. The van der Waals surface area contributed by atoms with Crippen molar-refractivity contribution < 1.29 is 20.1 Å². The van der Waals surface area contributed by atoms with Crippen molar-refractivity contribution in [3.8, 4) is 0 Å². The lowest BCUT2D eigenvalue weighted by Crippen LogP contribution is -2.58. The van der Waals surface area contributed by atoms with Gasteiger partial charge in [0.25, 0.3) is 0 Å². The van der Waals surface area contributed by atoms with Gasteiger partial charge in [-0.1, -0.05) is 20.8 Å². The van der Waals surface area contributed by atoms with E-state index in [1.165, 1.54) is 25.7 Å². The Morgan fingerprint density at radius 1 is 0.964 bits per heavy atom. The molecule has 0 bridgehead atoms. The number of aliphatic carboxylic acids is 1. The van der Waals surface area contributed by atoms with Gasteiger partial charge in [0.15, 0.2) is 0 Å². The van der Waals surface area contributed by atoms with Crippen LogP contribution >= 0.6 is 0 Å². The summed E-state index contributed by atoms with van der Waals surface area (Å²) in [6.45, 7) is 7.16. The van der Waals surface area contributed by atoms with Crippen LogP contribution in [-0.2, 0) is 4.79 Å². The quantitative estimate of drug-likeness (QED) is 0.659. The Labute approximate surface area is 170 Å². The molecule has 0 radical (unpaired) electrons. The highest BCUT2D eigenvalue weighted by Gasteiger charge is 2.62. The van der Waals surface area contributed by atoms with E-state index < -0.39 is 5.97 Å². The molecule has 4 saturated carbocycles. The minimum absolute atomic E-state index is 0.176. The second-order valence-electron chi connectivity index (χ2n) is 11.4. The molecule has 10 atom stereocenters. The fourth-order valence-corrected chi connectivity index (χ4v) is 8.81. The van der Waals surface area contributed by atoms with Crippen molar-refractivity contribution >= 4 is 5.97 Å². The predicted octanol–water partition coefficient (Wildman–Crippen LogP) is 4.48. The van der Waals surface area contributed by atoms with E-state index in [2.05, 4.69) is 20.8 Å². The largest absolute Gasteiger partial charge is 0.481 e. The maximum Gasteiger partial charge on any atom is 0.303 e. The third-order valence-electron chi connectivity index (χ3n) is 10.2. The molecule has 0 aromatic carbocycles. The molecule has 0 saturated heterocycles. The fraction of sp³-hybridized carbons (Fsp3) is 0.958. The van der Waals surface area contributed by atoms with Gasteiger partial charge in [-0.05, 0) is 104 Å². The van der Waals surface area contributed by atoms with E-state index >= 15 is 0 Å². The van der Waals surface area contributed by atoms with Gasteiger partial charge in [0.1, 0.15) is 0 Å². The van der Waals surface area contributed by atoms with Crippen LogP contribution in [0.25, 0.3) is 0 Å². The second kappa shape index (κ2) is 7.27. The molecule has 4 aliphatic rings. The van der Waals surface area contributed by atoms with Gasteiger partial charge in [-0.3, -0.25) is 4.79 Å². The smallest absolute Gasteiger partial charge is 0.303 e. The van der Waals surface area contributed by atoms with Crippen molar-refractivity contribution in [3.63, 3.8) is 0 Å². The topological polar surface area (TPSA) is 77.8 Å². The Morgan fingerprint density at radius 2 is 1.64 bits per heavy atom. The average molecular weight is 393 g/mol. The molecular weight excluding hydrogens is 352 g/mol. The lowest BCUT2D eigenvalue weighted by atomic mass is 9.44. The maximum atomic E-state index is 11.1. The SMILES string of the molecule is C[C@H](CCC(=O)O)[C@H]1CC[C@@H]2[C@@H]3C[C@H](O)[C@@H]4C[C@@H](O)CC[C@]4(C)[C@@H]3CC[C@@]21C. The number of aliphatic hydroxyl groups is 2. The molecule has 0 heterocycles. The van der Waals surface area contributed by atoms with Crippen LogP contribution in [0, 0.1) is 46.3 Å². The average Bonchev–Trinajstić information content (AvgIpc) is 2.99. The van der Waals surface area contributed by atoms with Crippen molar-refractivity contribution in [1.29, 1.82) is 0 Å². The Hall–Kier alpha value is -0.610. The van der Waals surface area contributed by atoms with Crippen LogP contribution in [-0.4, -0.2) is 33.5 Å². The summed E-state index contributed by atoms with van der Waals surface area (Å²) in [6.07, 6.45) is 9.16. The summed E-state index contributed by atoms with van der Waals surface area (Å²) in [5.74, 6) is 2.61. The van der Waals surface area contributed by atoms with Gasteiger partial charge in [0.05, 0.1) is 12.2 Å². The van der Waals surface area contributed by atoms with Gasteiger partial charge in [-0.15, -0.1) is 0 Å². The molecule has 4 fully saturated rings. The van der Waals surface area contributed by atoms with Crippen molar-refractivity contribution in [2.45, 2.75) is 97.2 Å². The zero-order chi connectivity index (χ0) is 20.3. The number of carbonyl (C=O) groups is 1. The lowest BCUT2D eigenvalue weighted by Gasteiger charge is -2.62. The zero-order valence-electron chi connectivity index (χ0n) is 17.9. The Balaban J connectivity index is 1.55. The van der Waals surface area contributed by atoms with E-state index in [0.29, 0.717) is 35.0 Å². The van der Waals surface area contributed by atoms with E-state index in [0.717, 1.165) is 32.1 Å². The highest BCUT2D eigenvalue weighted by molar-refractivity contribution is 5.66. The number of carboxylic acids is 1. The molecule has 3 N–H and O–H groups in total. The molecule has 0 aromatic rings. The summed E-state index contributed by atoms with van der Waals surface area (Å²) in [5.41, 5.74) is 0.478. The molecule has 0 spiro atoms. The van der Waals surface area contributed by atoms with Crippen LogP contribution in [0.15, 0.2) is 0 Å². The molecule has 0 aliphatic heterocycles. The van der Waals surface area contributed by atoms with Crippen molar-refractivity contribution in [2.75, 3.05) is 0 Å². The molecule has 4 heteroatoms. The first-order chi connectivity index (χ1) is 13.2. The highest BCUT2D eigenvalue weighted by Crippen LogP contribution is 2.68. The monoisotopic (exact) mass is 392 g/mol. The van der Waals surface area contributed by atoms with Gasteiger partial charge in [0.2, 0.25) is 0 Å². The normalized spacial score (nSPS) is 51.7. The summed E-state index contributed by atoms with van der Waals surface area (Å²) < 4.78 is 0. The van der Waals surface area contributed by atoms with E-state index in [9.17, 15) is 15.0 Å². The van der Waals surface area contributed by atoms with Crippen molar-refractivity contribution in [1.82, 2.24) is 0 Å². The number of aliphatic hydroxyl groups excluding tert-OH is 2. The third-order valence-corrected chi connectivity index (χ3v) is 10.2. The molecule has 0 aromatic heterocycles. The summed E-state index contributed by atoms with van der Waals surface area (Å²) in [5, 5.41) is 30.4. The Kier molecular flexibility index (Phi) is 5.36. The fourth-order valence-electron chi connectivity index (χ4n) is 8.81. The first-order valence-electron chi connectivity index (χ1n) is 11.7. The summed E-state index contributed by atoms with van der Waals surface area (Å²) in [6, 6.07) is 0. The van der Waals surface area contributed by atoms with Crippen LogP contribution in [0.3, 0.4) is 0 Å². The van der Waals surface area contributed by atoms with Crippen LogP contribution in [0.2, 0.25) is 0 Å². The molecule has 4 nitrogen and oxygen atoms in total. The Morgan fingerprint density at radius 3 is 2.36 bits per heavy atom. The summed E-state index contributed by atoms with van der Waals surface area (Å²) >= 11 is 0. The maximum absolute atomic E-state index is 11.1. The first-order valence-corrected chi connectivity index (χ1v) is 11.7. The molecule has 0 unspecified atom stereocenters.